The molecule has 6 rings (SSSR count). The van der Waals surface area contributed by atoms with Crippen LogP contribution in [0.2, 0.25) is 5.02 Å². The van der Waals surface area contributed by atoms with Crippen molar-refractivity contribution in [3.63, 3.8) is 0 Å². The van der Waals surface area contributed by atoms with E-state index in [2.05, 4.69) is 4.98 Å². The fourth-order valence-electron chi connectivity index (χ4n) is 5.27. The monoisotopic (exact) mass is 508 g/mol. The van der Waals surface area contributed by atoms with E-state index in [0.717, 1.165) is 6.42 Å². The molecular weight excluding hydrogens is 487 g/mol. The van der Waals surface area contributed by atoms with Gasteiger partial charge in [-0.25, -0.2) is 4.39 Å². The summed E-state index contributed by atoms with van der Waals surface area (Å²) in [6.45, 7) is 0.169. The largest absolute Gasteiger partial charge is 0.502 e. The Labute approximate surface area is 210 Å². The van der Waals surface area contributed by atoms with Crippen LogP contribution in [0.3, 0.4) is 0 Å². The molecule has 10 heteroatoms. The standard InChI is InChI=1S/C26H22ClFN4O4/c27-17-7-6-16-21(18-5-1-2-12-29-18)32-15-30(25(35)22-23(34)19(33)8-13-31(22)32)26(9-3-10-26)11-4-14-36-24(16)20(17)28/h1-2,4-8,11-13,21,34H,3,9-10,14-15H2/b11-4-/t21-/m0/s1. The third-order valence-electron chi connectivity index (χ3n) is 7.21. The van der Waals surface area contributed by atoms with E-state index in [4.69, 9.17) is 16.3 Å². The number of benzene rings is 1. The lowest BCUT2D eigenvalue weighted by Gasteiger charge is -2.53. The van der Waals surface area contributed by atoms with E-state index in [1.165, 1.54) is 23.0 Å². The van der Waals surface area contributed by atoms with Gasteiger partial charge < -0.3 is 14.7 Å². The quantitative estimate of drug-likeness (QED) is 0.504. The molecule has 8 nitrogen and oxygen atoms in total. The summed E-state index contributed by atoms with van der Waals surface area (Å²) < 4.78 is 22.8. The van der Waals surface area contributed by atoms with E-state index < -0.39 is 34.5 Å². The van der Waals surface area contributed by atoms with E-state index in [0.29, 0.717) is 24.1 Å². The summed E-state index contributed by atoms with van der Waals surface area (Å²) in [4.78, 5) is 32.4. The number of carbonyl (C=O) groups is 1. The number of nitrogens with zero attached hydrogens (tertiary/aromatic N) is 4. The predicted molar refractivity (Wildman–Crippen MR) is 130 cm³/mol. The van der Waals surface area contributed by atoms with Crippen molar-refractivity contribution in [3.05, 3.63) is 99.0 Å². The Balaban J connectivity index is 1.67. The average molecular weight is 509 g/mol. The molecule has 1 saturated carbocycles. The molecule has 1 amide bonds. The molecule has 2 aliphatic heterocycles. The topological polar surface area (TPSA) is 87.9 Å². The SMILES string of the molecule is O=C1c2c(O)c(=O)ccn2N2CN1C1(/C=C\COc3c(ccc(Cl)c3F)[C@H]2c2ccccn2)CCC1. The molecule has 1 aliphatic carbocycles. The molecule has 1 fully saturated rings. The maximum Gasteiger partial charge on any atom is 0.278 e. The number of amides is 1. The highest BCUT2D eigenvalue weighted by molar-refractivity contribution is 6.30. The Hall–Kier alpha value is -3.85. The van der Waals surface area contributed by atoms with Gasteiger partial charge in [0.2, 0.25) is 5.43 Å². The van der Waals surface area contributed by atoms with Crippen molar-refractivity contribution in [1.82, 2.24) is 14.6 Å². The molecule has 0 radical (unpaired) electrons. The zero-order chi connectivity index (χ0) is 25.0. The first-order valence-electron chi connectivity index (χ1n) is 11.6. The number of carbonyl (C=O) groups excluding carboxylic acids is 1. The zero-order valence-corrected chi connectivity index (χ0v) is 19.9. The smallest absolute Gasteiger partial charge is 0.278 e. The van der Waals surface area contributed by atoms with Gasteiger partial charge >= 0.3 is 0 Å². The van der Waals surface area contributed by atoms with Crippen LogP contribution in [0.5, 0.6) is 11.5 Å². The molecule has 1 spiro atoms. The molecule has 1 atom stereocenters. The van der Waals surface area contributed by atoms with Crippen LogP contribution in [0.4, 0.5) is 4.39 Å². The minimum atomic E-state index is -0.751. The number of hydrogen-bond donors (Lipinski definition) is 1. The van der Waals surface area contributed by atoms with Gasteiger partial charge in [0.15, 0.2) is 23.0 Å². The molecule has 1 aromatic carbocycles. The Morgan fingerprint density at radius 3 is 2.72 bits per heavy atom. The molecule has 2 aromatic heterocycles. The van der Waals surface area contributed by atoms with Crippen molar-refractivity contribution in [2.75, 3.05) is 18.3 Å². The fourth-order valence-corrected chi connectivity index (χ4v) is 5.42. The maximum atomic E-state index is 15.4. The summed E-state index contributed by atoms with van der Waals surface area (Å²) in [7, 11) is 0. The minimum Gasteiger partial charge on any atom is -0.502 e. The van der Waals surface area contributed by atoms with Crippen molar-refractivity contribution in [1.29, 1.82) is 0 Å². The first-order valence-corrected chi connectivity index (χ1v) is 12.0. The van der Waals surface area contributed by atoms with Crippen LogP contribution in [0.25, 0.3) is 0 Å². The summed E-state index contributed by atoms with van der Waals surface area (Å²) in [5.41, 5.74) is -0.436. The molecule has 3 aliphatic rings. The van der Waals surface area contributed by atoms with Crippen LogP contribution in [0, 0.1) is 5.82 Å². The van der Waals surface area contributed by atoms with Gasteiger partial charge in [0.25, 0.3) is 5.91 Å². The van der Waals surface area contributed by atoms with Gasteiger partial charge in [-0.05, 0) is 43.5 Å². The van der Waals surface area contributed by atoms with Crippen LogP contribution < -0.4 is 15.2 Å². The Morgan fingerprint density at radius 2 is 2.00 bits per heavy atom. The Morgan fingerprint density at radius 1 is 1.17 bits per heavy atom. The second kappa shape index (κ2) is 8.37. The van der Waals surface area contributed by atoms with E-state index in [1.807, 2.05) is 12.1 Å². The van der Waals surface area contributed by atoms with Crippen molar-refractivity contribution in [2.24, 2.45) is 0 Å². The van der Waals surface area contributed by atoms with Crippen molar-refractivity contribution >= 4 is 17.5 Å². The summed E-state index contributed by atoms with van der Waals surface area (Å²) in [6, 6.07) is 8.94. The molecular formula is C26H22ClFN4O4. The minimum absolute atomic E-state index is 0.0253. The van der Waals surface area contributed by atoms with E-state index in [9.17, 15) is 14.7 Å². The molecule has 0 saturated heterocycles. The maximum absolute atomic E-state index is 15.4. The van der Waals surface area contributed by atoms with Gasteiger partial charge in [-0.3, -0.25) is 24.3 Å². The van der Waals surface area contributed by atoms with Crippen molar-refractivity contribution < 1.29 is 19.0 Å². The number of fused-ring (bicyclic) bond motifs is 6. The molecule has 184 valence electrons. The third kappa shape index (κ3) is 3.30. The molecule has 2 bridgehead atoms. The number of pyridine rings is 2. The number of halogens is 2. The lowest BCUT2D eigenvalue weighted by molar-refractivity contribution is 0.0255. The van der Waals surface area contributed by atoms with Crippen LogP contribution in [-0.4, -0.2) is 44.4 Å². The highest BCUT2D eigenvalue weighted by atomic mass is 35.5. The van der Waals surface area contributed by atoms with Gasteiger partial charge in [0.05, 0.1) is 16.3 Å². The summed E-state index contributed by atoms with van der Waals surface area (Å²) in [6.07, 6.45) is 9.08. The molecule has 1 N–H and O–H groups in total. The van der Waals surface area contributed by atoms with E-state index >= 15 is 4.39 Å². The number of rotatable bonds is 1. The highest BCUT2D eigenvalue weighted by Gasteiger charge is 2.49. The van der Waals surface area contributed by atoms with Gasteiger partial charge in [0, 0.05) is 24.0 Å². The number of hydrogen-bond acceptors (Lipinski definition) is 6. The normalized spacial score (nSPS) is 21.1. The van der Waals surface area contributed by atoms with Gasteiger partial charge in [-0.15, -0.1) is 0 Å². The summed E-state index contributed by atoms with van der Waals surface area (Å²) in [5, 5.41) is 12.5. The van der Waals surface area contributed by atoms with E-state index in [-0.39, 0.29) is 29.7 Å². The zero-order valence-electron chi connectivity index (χ0n) is 19.1. The average Bonchev–Trinajstić information content (AvgIpc) is 2.88. The third-order valence-corrected chi connectivity index (χ3v) is 7.51. The van der Waals surface area contributed by atoms with Crippen LogP contribution in [0.1, 0.15) is 47.1 Å². The van der Waals surface area contributed by atoms with Crippen LogP contribution in [0.15, 0.2) is 65.7 Å². The lowest BCUT2D eigenvalue weighted by atomic mass is 9.74. The first kappa shape index (κ1) is 22.6. The summed E-state index contributed by atoms with van der Waals surface area (Å²) >= 11 is 6.13. The highest BCUT2D eigenvalue weighted by Crippen LogP contribution is 2.45. The fraction of sp³-hybridized carbons (Fsp3) is 0.269. The molecule has 36 heavy (non-hydrogen) atoms. The molecule has 0 unspecified atom stereocenters. The predicted octanol–water partition coefficient (Wildman–Crippen LogP) is 3.75. The van der Waals surface area contributed by atoms with Crippen LogP contribution >= 0.6 is 11.6 Å². The van der Waals surface area contributed by atoms with Gasteiger partial charge in [0.1, 0.15) is 19.3 Å². The number of aromatic hydroxyl groups is 1. The van der Waals surface area contributed by atoms with E-state index in [1.54, 1.807) is 40.4 Å². The van der Waals surface area contributed by atoms with Crippen molar-refractivity contribution in [3.8, 4) is 11.5 Å². The Bertz CT molecular complexity index is 1450. The molecule has 3 aromatic rings. The van der Waals surface area contributed by atoms with Gasteiger partial charge in [-0.2, -0.15) is 0 Å². The Kier molecular flexibility index (Phi) is 5.26. The first-order chi connectivity index (χ1) is 17.4. The van der Waals surface area contributed by atoms with Crippen molar-refractivity contribution in [2.45, 2.75) is 30.8 Å². The van der Waals surface area contributed by atoms with Crippen LogP contribution in [-0.2, 0) is 0 Å². The second-order valence-electron chi connectivity index (χ2n) is 9.14. The second-order valence-corrected chi connectivity index (χ2v) is 9.55. The summed E-state index contributed by atoms with van der Waals surface area (Å²) in [5.74, 6) is -1.81. The lowest BCUT2D eigenvalue weighted by Crippen LogP contribution is -2.64. The molecule has 4 heterocycles. The van der Waals surface area contributed by atoms with Gasteiger partial charge in [-0.1, -0.05) is 29.8 Å². The number of ether oxygens (including phenoxy) is 1. The number of aromatic nitrogens is 2.